The van der Waals surface area contributed by atoms with Gasteiger partial charge in [-0.3, -0.25) is 4.90 Å². The number of rotatable bonds is 1. The quantitative estimate of drug-likeness (QED) is 0.544. The molecule has 0 aromatic heterocycles. The fraction of sp³-hybridized carbons (Fsp3) is 1.00. The Balaban J connectivity index is 1.86. The average Bonchev–Trinajstić information content (AvgIpc) is 2.58. The first-order valence-corrected chi connectivity index (χ1v) is 3.78. The number of likely N-dealkylation sites (tertiary alicyclic amines) is 1. The van der Waals surface area contributed by atoms with E-state index in [1.807, 2.05) is 0 Å². The molecule has 1 saturated heterocycles. The van der Waals surface area contributed by atoms with Crippen molar-refractivity contribution >= 4 is 0 Å². The number of β-amino-alcohol motifs (C(OH)–C–C–N with tert-alkyl or cyclic N) is 1. The molecule has 1 N–H and O–H groups in total. The fourth-order valence-corrected chi connectivity index (χ4v) is 1.54. The van der Waals surface area contributed by atoms with Crippen LogP contribution in [0.4, 0.5) is 0 Å². The summed E-state index contributed by atoms with van der Waals surface area (Å²) >= 11 is 0. The predicted octanol–water partition coefficient (Wildman–Crippen LogP) is 0.215. The Bertz CT molecular complexity index is 111. The summed E-state index contributed by atoms with van der Waals surface area (Å²) in [7, 11) is 0. The van der Waals surface area contributed by atoms with Gasteiger partial charge < -0.3 is 5.11 Å². The molecule has 0 amide bonds. The first kappa shape index (κ1) is 5.69. The van der Waals surface area contributed by atoms with Gasteiger partial charge in [-0.25, -0.2) is 0 Å². The first-order chi connectivity index (χ1) is 4.36. The van der Waals surface area contributed by atoms with Crippen molar-refractivity contribution in [1.82, 2.24) is 4.90 Å². The van der Waals surface area contributed by atoms with Gasteiger partial charge in [0.25, 0.3) is 0 Å². The number of hydrogen-bond donors (Lipinski definition) is 1. The van der Waals surface area contributed by atoms with Crippen LogP contribution in [0.25, 0.3) is 0 Å². The van der Waals surface area contributed by atoms with E-state index in [-0.39, 0.29) is 6.10 Å². The van der Waals surface area contributed by atoms with Crippen molar-refractivity contribution in [2.75, 3.05) is 13.1 Å². The Morgan fingerprint density at radius 2 is 2.00 bits per heavy atom. The molecule has 0 bridgehead atoms. The predicted molar refractivity (Wildman–Crippen MR) is 35.2 cm³/mol. The number of hydrogen-bond acceptors (Lipinski definition) is 2. The van der Waals surface area contributed by atoms with Crippen molar-refractivity contribution in [3.63, 3.8) is 0 Å². The zero-order chi connectivity index (χ0) is 6.27. The maximum atomic E-state index is 9.13. The topological polar surface area (TPSA) is 23.5 Å². The number of aliphatic hydroxyl groups excluding tert-OH is 1. The molecule has 0 spiro atoms. The average molecular weight is 127 g/mol. The molecule has 2 fully saturated rings. The Labute approximate surface area is 55.5 Å². The molecule has 1 heterocycles. The second kappa shape index (κ2) is 1.96. The molecule has 52 valence electrons. The van der Waals surface area contributed by atoms with E-state index in [9.17, 15) is 0 Å². The highest BCUT2D eigenvalue weighted by Gasteiger charge is 2.33. The molecular formula is C7H13NO. The molecule has 2 nitrogen and oxygen atoms in total. The molecule has 1 saturated carbocycles. The minimum Gasteiger partial charge on any atom is -0.392 e. The van der Waals surface area contributed by atoms with E-state index in [1.165, 1.54) is 12.8 Å². The molecular weight excluding hydrogens is 114 g/mol. The van der Waals surface area contributed by atoms with Gasteiger partial charge in [-0.1, -0.05) is 0 Å². The normalized spacial score (nSPS) is 37.7. The van der Waals surface area contributed by atoms with Crippen LogP contribution in [-0.4, -0.2) is 35.2 Å². The van der Waals surface area contributed by atoms with E-state index in [2.05, 4.69) is 4.90 Å². The van der Waals surface area contributed by atoms with Gasteiger partial charge in [0.05, 0.1) is 6.10 Å². The van der Waals surface area contributed by atoms with Crippen LogP contribution in [0.2, 0.25) is 0 Å². The van der Waals surface area contributed by atoms with Crippen LogP contribution < -0.4 is 0 Å². The second-order valence-corrected chi connectivity index (χ2v) is 3.17. The molecule has 2 aliphatic rings. The van der Waals surface area contributed by atoms with Gasteiger partial charge in [0.15, 0.2) is 0 Å². The third kappa shape index (κ3) is 1.10. The lowest BCUT2D eigenvalue weighted by atomic mass is 10.3. The van der Waals surface area contributed by atoms with E-state index < -0.39 is 0 Å². The molecule has 0 radical (unpaired) electrons. The van der Waals surface area contributed by atoms with Crippen molar-refractivity contribution < 1.29 is 5.11 Å². The molecule has 2 heteroatoms. The third-order valence-corrected chi connectivity index (χ3v) is 2.26. The van der Waals surface area contributed by atoms with Crippen molar-refractivity contribution in [3.8, 4) is 0 Å². The molecule has 0 unspecified atom stereocenters. The minimum absolute atomic E-state index is 0.0226. The first-order valence-electron chi connectivity index (χ1n) is 3.78. The van der Waals surface area contributed by atoms with E-state index >= 15 is 0 Å². The molecule has 1 aliphatic heterocycles. The van der Waals surface area contributed by atoms with E-state index in [1.54, 1.807) is 0 Å². The third-order valence-electron chi connectivity index (χ3n) is 2.26. The summed E-state index contributed by atoms with van der Waals surface area (Å²) in [6.45, 7) is 2.07. The highest BCUT2D eigenvalue weighted by molar-refractivity contribution is 4.89. The van der Waals surface area contributed by atoms with Crippen LogP contribution in [0.15, 0.2) is 0 Å². The van der Waals surface area contributed by atoms with Gasteiger partial charge in [0.1, 0.15) is 0 Å². The smallest absolute Gasteiger partial charge is 0.0679 e. The number of aliphatic hydroxyl groups is 1. The van der Waals surface area contributed by atoms with Gasteiger partial charge in [-0.15, -0.1) is 0 Å². The van der Waals surface area contributed by atoms with Gasteiger partial charge >= 0.3 is 0 Å². The zero-order valence-corrected chi connectivity index (χ0v) is 5.58. The Morgan fingerprint density at radius 3 is 2.44 bits per heavy atom. The van der Waals surface area contributed by atoms with Crippen LogP contribution in [0.5, 0.6) is 0 Å². The maximum Gasteiger partial charge on any atom is 0.0679 e. The van der Waals surface area contributed by atoms with Crippen molar-refractivity contribution in [3.05, 3.63) is 0 Å². The lowest BCUT2D eigenvalue weighted by Crippen LogP contribution is -2.23. The number of nitrogens with zero attached hydrogens (tertiary/aromatic N) is 1. The summed E-state index contributed by atoms with van der Waals surface area (Å²) in [5, 5.41) is 9.13. The largest absolute Gasteiger partial charge is 0.392 e. The van der Waals surface area contributed by atoms with Crippen molar-refractivity contribution in [2.24, 2.45) is 0 Å². The standard InChI is InChI=1S/C7H13NO/c9-7-3-4-8(5-7)6-1-2-6/h6-7,9H,1-5H2/t7-/m0/s1. The molecule has 2 rings (SSSR count). The zero-order valence-electron chi connectivity index (χ0n) is 5.58. The highest BCUT2D eigenvalue weighted by atomic mass is 16.3. The molecule has 0 aromatic carbocycles. The van der Waals surface area contributed by atoms with Crippen LogP contribution in [0.3, 0.4) is 0 Å². The monoisotopic (exact) mass is 127 g/mol. The second-order valence-electron chi connectivity index (χ2n) is 3.17. The Kier molecular flexibility index (Phi) is 1.24. The summed E-state index contributed by atoms with van der Waals surface area (Å²) in [6.07, 6.45) is 3.71. The molecule has 1 aliphatic carbocycles. The minimum atomic E-state index is -0.0226. The highest BCUT2D eigenvalue weighted by Crippen LogP contribution is 2.29. The van der Waals surface area contributed by atoms with Gasteiger partial charge in [-0.05, 0) is 19.3 Å². The van der Waals surface area contributed by atoms with Crippen molar-refractivity contribution in [2.45, 2.75) is 31.4 Å². The molecule has 9 heavy (non-hydrogen) atoms. The lowest BCUT2D eigenvalue weighted by molar-refractivity contribution is 0.174. The van der Waals surface area contributed by atoms with Gasteiger partial charge in [0, 0.05) is 19.1 Å². The van der Waals surface area contributed by atoms with Gasteiger partial charge in [-0.2, -0.15) is 0 Å². The fourth-order valence-electron chi connectivity index (χ4n) is 1.54. The van der Waals surface area contributed by atoms with Crippen LogP contribution >= 0.6 is 0 Å². The maximum absolute atomic E-state index is 9.13. The van der Waals surface area contributed by atoms with Crippen LogP contribution in [-0.2, 0) is 0 Å². The van der Waals surface area contributed by atoms with Gasteiger partial charge in [0.2, 0.25) is 0 Å². The van der Waals surface area contributed by atoms with Crippen LogP contribution in [0, 0.1) is 0 Å². The van der Waals surface area contributed by atoms with E-state index in [4.69, 9.17) is 5.11 Å². The van der Waals surface area contributed by atoms with Crippen molar-refractivity contribution in [1.29, 1.82) is 0 Å². The van der Waals surface area contributed by atoms with E-state index in [0.29, 0.717) is 0 Å². The SMILES string of the molecule is O[C@H]1CCN(C2CC2)C1. The summed E-state index contributed by atoms with van der Waals surface area (Å²) in [5.41, 5.74) is 0. The summed E-state index contributed by atoms with van der Waals surface area (Å²) < 4.78 is 0. The molecule has 0 aromatic rings. The summed E-state index contributed by atoms with van der Waals surface area (Å²) in [5.74, 6) is 0. The lowest BCUT2D eigenvalue weighted by Gasteiger charge is -2.11. The van der Waals surface area contributed by atoms with Crippen LogP contribution in [0.1, 0.15) is 19.3 Å². The van der Waals surface area contributed by atoms with E-state index in [0.717, 1.165) is 25.6 Å². The summed E-state index contributed by atoms with van der Waals surface area (Å²) in [4.78, 5) is 2.41. The molecule has 1 atom stereocenters. The Hall–Kier alpha value is -0.0800. The summed E-state index contributed by atoms with van der Waals surface area (Å²) in [6, 6.07) is 0.849. The Morgan fingerprint density at radius 1 is 1.22 bits per heavy atom.